The fourth-order valence-electron chi connectivity index (χ4n) is 1.81. The molecule has 1 fully saturated rings. The van der Waals surface area contributed by atoms with E-state index < -0.39 is 0 Å². The third-order valence-electron chi connectivity index (χ3n) is 2.63. The van der Waals surface area contributed by atoms with Crippen molar-refractivity contribution in [3.8, 4) is 0 Å². The Morgan fingerprint density at radius 1 is 1.50 bits per heavy atom. The fourth-order valence-corrected chi connectivity index (χ4v) is 1.81. The lowest BCUT2D eigenvalue weighted by atomic mass is 10.1. The monoisotopic (exact) mass is 191 g/mol. The van der Waals surface area contributed by atoms with Gasteiger partial charge in [-0.3, -0.25) is 4.98 Å². The molecule has 1 aliphatic rings. The zero-order chi connectivity index (χ0) is 9.64. The van der Waals surface area contributed by atoms with Gasteiger partial charge in [0, 0.05) is 25.0 Å². The molecule has 0 amide bonds. The van der Waals surface area contributed by atoms with Gasteiger partial charge in [0.2, 0.25) is 0 Å². The lowest BCUT2D eigenvalue weighted by molar-refractivity contribution is 0.414. The molecule has 76 valence electrons. The molecule has 3 nitrogen and oxygen atoms in total. The molecule has 1 atom stereocenters. The SMILES string of the molecule is c1cncc(NC[C@@H]2CCCCN2)c1. The normalized spacial score (nSPS) is 21.9. The van der Waals surface area contributed by atoms with Gasteiger partial charge >= 0.3 is 0 Å². The third-order valence-corrected chi connectivity index (χ3v) is 2.63. The third kappa shape index (κ3) is 2.70. The van der Waals surface area contributed by atoms with Crippen LogP contribution in [-0.4, -0.2) is 24.1 Å². The van der Waals surface area contributed by atoms with Gasteiger partial charge in [-0.05, 0) is 31.5 Å². The maximum absolute atomic E-state index is 4.07. The van der Waals surface area contributed by atoms with Gasteiger partial charge in [-0.1, -0.05) is 6.42 Å². The van der Waals surface area contributed by atoms with Gasteiger partial charge in [0.1, 0.15) is 0 Å². The largest absolute Gasteiger partial charge is 0.382 e. The molecule has 2 rings (SSSR count). The van der Waals surface area contributed by atoms with Gasteiger partial charge < -0.3 is 10.6 Å². The van der Waals surface area contributed by atoms with E-state index in [1.54, 1.807) is 6.20 Å². The molecule has 0 aromatic carbocycles. The number of pyridine rings is 1. The van der Waals surface area contributed by atoms with Crippen molar-refractivity contribution in [1.82, 2.24) is 10.3 Å². The summed E-state index contributed by atoms with van der Waals surface area (Å²) in [6.07, 6.45) is 7.62. The second kappa shape index (κ2) is 4.96. The van der Waals surface area contributed by atoms with Crippen LogP contribution in [0.25, 0.3) is 0 Å². The average Bonchev–Trinajstić information content (AvgIpc) is 2.29. The Balaban J connectivity index is 1.76. The number of hydrogen-bond acceptors (Lipinski definition) is 3. The molecule has 0 saturated carbocycles. The maximum atomic E-state index is 4.07. The summed E-state index contributed by atoms with van der Waals surface area (Å²) >= 11 is 0. The molecule has 1 aliphatic heterocycles. The van der Waals surface area contributed by atoms with Crippen molar-refractivity contribution >= 4 is 5.69 Å². The summed E-state index contributed by atoms with van der Waals surface area (Å²) in [7, 11) is 0. The smallest absolute Gasteiger partial charge is 0.0527 e. The molecule has 0 radical (unpaired) electrons. The van der Waals surface area contributed by atoms with Crippen LogP contribution in [0.5, 0.6) is 0 Å². The van der Waals surface area contributed by atoms with E-state index >= 15 is 0 Å². The lowest BCUT2D eigenvalue weighted by Crippen LogP contribution is -2.39. The van der Waals surface area contributed by atoms with E-state index in [9.17, 15) is 0 Å². The second-order valence-electron chi connectivity index (χ2n) is 3.77. The van der Waals surface area contributed by atoms with Crippen LogP contribution < -0.4 is 10.6 Å². The average molecular weight is 191 g/mol. The van der Waals surface area contributed by atoms with E-state index in [1.165, 1.54) is 25.8 Å². The standard InChI is InChI=1S/C11H17N3/c1-2-7-13-11(4-1)9-14-10-5-3-6-12-8-10/h3,5-6,8,11,13-14H,1-2,4,7,9H2/t11-/m0/s1. The van der Waals surface area contributed by atoms with Crippen molar-refractivity contribution in [2.75, 3.05) is 18.4 Å². The lowest BCUT2D eigenvalue weighted by Gasteiger charge is -2.23. The van der Waals surface area contributed by atoms with Gasteiger partial charge in [0.25, 0.3) is 0 Å². The minimum atomic E-state index is 0.629. The zero-order valence-corrected chi connectivity index (χ0v) is 8.37. The van der Waals surface area contributed by atoms with Gasteiger partial charge in [0.15, 0.2) is 0 Å². The number of aromatic nitrogens is 1. The van der Waals surface area contributed by atoms with Gasteiger partial charge in [-0.15, -0.1) is 0 Å². The molecule has 0 aliphatic carbocycles. The summed E-state index contributed by atoms with van der Waals surface area (Å²) < 4.78 is 0. The highest BCUT2D eigenvalue weighted by atomic mass is 15.0. The molecule has 2 heterocycles. The van der Waals surface area contributed by atoms with Crippen LogP contribution in [0.3, 0.4) is 0 Å². The maximum Gasteiger partial charge on any atom is 0.0527 e. The van der Waals surface area contributed by atoms with Gasteiger partial charge in [-0.25, -0.2) is 0 Å². The first kappa shape index (κ1) is 9.46. The quantitative estimate of drug-likeness (QED) is 0.762. The highest BCUT2D eigenvalue weighted by Crippen LogP contribution is 2.08. The highest BCUT2D eigenvalue weighted by Gasteiger charge is 2.11. The van der Waals surface area contributed by atoms with Crippen LogP contribution in [0.2, 0.25) is 0 Å². The molecule has 3 heteroatoms. The number of piperidine rings is 1. The summed E-state index contributed by atoms with van der Waals surface area (Å²) in [6.45, 7) is 2.17. The molecule has 1 aromatic heterocycles. The van der Waals surface area contributed by atoms with Crippen molar-refractivity contribution in [2.45, 2.75) is 25.3 Å². The van der Waals surface area contributed by atoms with Gasteiger partial charge in [0.05, 0.1) is 5.69 Å². The molecule has 14 heavy (non-hydrogen) atoms. The van der Waals surface area contributed by atoms with Crippen LogP contribution in [0.1, 0.15) is 19.3 Å². The van der Waals surface area contributed by atoms with Crippen molar-refractivity contribution in [1.29, 1.82) is 0 Å². The predicted octanol–water partition coefficient (Wildman–Crippen LogP) is 1.64. The minimum Gasteiger partial charge on any atom is -0.382 e. The molecule has 0 unspecified atom stereocenters. The molecule has 1 aromatic rings. The highest BCUT2D eigenvalue weighted by molar-refractivity contribution is 5.39. The van der Waals surface area contributed by atoms with Crippen LogP contribution in [0, 0.1) is 0 Å². The Labute approximate surface area is 84.9 Å². The Bertz CT molecular complexity index is 254. The summed E-state index contributed by atoms with van der Waals surface area (Å²) in [6, 6.07) is 4.64. The second-order valence-corrected chi connectivity index (χ2v) is 3.77. The van der Waals surface area contributed by atoms with E-state index in [2.05, 4.69) is 21.7 Å². The molecule has 0 spiro atoms. The Morgan fingerprint density at radius 2 is 2.50 bits per heavy atom. The van der Waals surface area contributed by atoms with E-state index in [1.807, 2.05) is 12.3 Å². The number of nitrogens with one attached hydrogen (secondary N) is 2. The van der Waals surface area contributed by atoms with E-state index in [-0.39, 0.29) is 0 Å². The van der Waals surface area contributed by atoms with Crippen molar-refractivity contribution in [3.05, 3.63) is 24.5 Å². The Kier molecular flexibility index (Phi) is 3.35. The van der Waals surface area contributed by atoms with Crippen LogP contribution in [0.15, 0.2) is 24.5 Å². The first-order valence-corrected chi connectivity index (χ1v) is 5.32. The molecule has 0 bridgehead atoms. The zero-order valence-electron chi connectivity index (χ0n) is 8.37. The fraction of sp³-hybridized carbons (Fsp3) is 0.545. The number of hydrogen-bond donors (Lipinski definition) is 2. The first-order valence-electron chi connectivity index (χ1n) is 5.32. The van der Waals surface area contributed by atoms with Crippen molar-refractivity contribution in [3.63, 3.8) is 0 Å². The van der Waals surface area contributed by atoms with Crippen LogP contribution in [-0.2, 0) is 0 Å². The summed E-state index contributed by atoms with van der Waals surface area (Å²) in [5.41, 5.74) is 1.11. The molecule has 2 N–H and O–H groups in total. The van der Waals surface area contributed by atoms with Crippen molar-refractivity contribution < 1.29 is 0 Å². The Hall–Kier alpha value is -1.09. The van der Waals surface area contributed by atoms with Crippen molar-refractivity contribution in [2.24, 2.45) is 0 Å². The minimum absolute atomic E-state index is 0.629. The van der Waals surface area contributed by atoms with E-state index in [4.69, 9.17) is 0 Å². The predicted molar refractivity (Wildman–Crippen MR) is 58.4 cm³/mol. The van der Waals surface area contributed by atoms with E-state index in [0.717, 1.165) is 12.2 Å². The molecule has 1 saturated heterocycles. The number of rotatable bonds is 3. The summed E-state index contributed by atoms with van der Waals surface area (Å²) in [4.78, 5) is 4.07. The van der Waals surface area contributed by atoms with Crippen LogP contribution in [0.4, 0.5) is 5.69 Å². The topological polar surface area (TPSA) is 37.0 Å². The summed E-state index contributed by atoms with van der Waals surface area (Å²) in [5.74, 6) is 0. The molecular formula is C11H17N3. The molecular weight excluding hydrogens is 174 g/mol. The number of nitrogens with zero attached hydrogens (tertiary/aromatic N) is 1. The Morgan fingerprint density at radius 3 is 3.21 bits per heavy atom. The number of anilines is 1. The van der Waals surface area contributed by atoms with Crippen LogP contribution >= 0.6 is 0 Å². The first-order chi connectivity index (χ1) is 6.95. The van der Waals surface area contributed by atoms with E-state index in [0.29, 0.717) is 6.04 Å². The summed E-state index contributed by atoms with van der Waals surface area (Å²) in [5, 5.41) is 6.90. The van der Waals surface area contributed by atoms with Gasteiger partial charge in [-0.2, -0.15) is 0 Å².